The summed E-state index contributed by atoms with van der Waals surface area (Å²) in [5.74, 6) is -0.578. The molecule has 2 aromatic heterocycles. The molecule has 2 aliphatic rings. The highest BCUT2D eigenvalue weighted by Gasteiger charge is 2.45. The van der Waals surface area contributed by atoms with Crippen LogP contribution in [0, 0.1) is 0 Å². The predicted octanol–water partition coefficient (Wildman–Crippen LogP) is -2.04. The van der Waals surface area contributed by atoms with Gasteiger partial charge in [-0.15, -0.1) is 0 Å². The van der Waals surface area contributed by atoms with Gasteiger partial charge >= 0.3 is 13.8 Å². The lowest BCUT2D eigenvalue weighted by atomic mass is 10.1. The van der Waals surface area contributed by atoms with Crippen molar-refractivity contribution in [1.82, 2.24) is 24.8 Å². The Bertz CT molecular complexity index is 962. The number of fused-ring (bicyclic) bond motifs is 1. The highest BCUT2D eigenvalue weighted by Crippen LogP contribution is 2.38. The van der Waals surface area contributed by atoms with E-state index in [0.29, 0.717) is 5.52 Å². The lowest BCUT2D eigenvalue weighted by Gasteiger charge is -2.16. The van der Waals surface area contributed by atoms with E-state index in [9.17, 15) is 19.6 Å². The van der Waals surface area contributed by atoms with E-state index in [0.717, 1.165) is 19.4 Å². The number of rotatable bonds is 5. The highest BCUT2D eigenvalue weighted by molar-refractivity contribution is 7.46. The number of hydrogen-bond acceptors (Lipinski definition) is 11. The van der Waals surface area contributed by atoms with Crippen LogP contribution < -0.4 is 11.1 Å². The number of carboxylic acids is 1. The number of nitrogens with two attached hydrogens (primary N) is 1. The molecule has 0 spiro atoms. The second kappa shape index (κ2) is 9.50. The zero-order valence-electron chi connectivity index (χ0n) is 16.1. The molecule has 5 atom stereocenters. The number of nitrogen functional groups attached to an aromatic ring is 1. The monoisotopic (exact) mass is 462 g/mol. The van der Waals surface area contributed by atoms with E-state index in [4.69, 9.17) is 25.4 Å². The molecule has 0 saturated carbocycles. The molecule has 8 N–H and O–H groups in total. The van der Waals surface area contributed by atoms with Crippen molar-refractivity contribution in [3.8, 4) is 0 Å². The number of hydrogen-bond donors (Lipinski definition) is 7. The SMILES string of the molecule is Nc1ncnc2c1ncn2[C@@H]1O[C@H](COP(=O)(O)O)[C@@H](O)[C@H]1O.O=C(O)C1CCCN1. The van der Waals surface area contributed by atoms with Crippen molar-refractivity contribution in [3.63, 3.8) is 0 Å². The molecule has 0 aliphatic carbocycles. The molecule has 16 heteroatoms. The van der Waals surface area contributed by atoms with Crippen LogP contribution in [0.5, 0.6) is 0 Å². The number of aromatic nitrogens is 4. The molecule has 0 radical (unpaired) electrons. The molecule has 2 aliphatic heterocycles. The Morgan fingerprint density at radius 3 is 2.65 bits per heavy atom. The molecule has 2 fully saturated rings. The van der Waals surface area contributed by atoms with Crippen molar-refractivity contribution in [2.24, 2.45) is 0 Å². The number of anilines is 1. The van der Waals surface area contributed by atoms with Gasteiger partial charge in [0.15, 0.2) is 17.7 Å². The van der Waals surface area contributed by atoms with Gasteiger partial charge in [-0.05, 0) is 19.4 Å². The first-order valence-corrected chi connectivity index (χ1v) is 10.7. The second-order valence-corrected chi connectivity index (χ2v) is 8.14. The first-order chi connectivity index (χ1) is 14.6. The summed E-state index contributed by atoms with van der Waals surface area (Å²) < 4.78 is 21.8. The van der Waals surface area contributed by atoms with Crippen molar-refractivity contribution < 1.29 is 43.7 Å². The second-order valence-electron chi connectivity index (χ2n) is 6.90. The van der Waals surface area contributed by atoms with E-state index >= 15 is 0 Å². The molecule has 2 saturated heterocycles. The lowest BCUT2D eigenvalue weighted by molar-refractivity contribution is -0.139. The van der Waals surface area contributed by atoms with E-state index in [1.165, 1.54) is 17.2 Å². The normalized spacial score (nSPS) is 28.5. The Morgan fingerprint density at radius 2 is 2.06 bits per heavy atom. The fraction of sp³-hybridized carbons (Fsp3) is 0.600. The molecule has 1 unspecified atom stereocenters. The first-order valence-electron chi connectivity index (χ1n) is 9.19. The topological polar surface area (TPSA) is 235 Å². The van der Waals surface area contributed by atoms with Crippen molar-refractivity contribution in [1.29, 1.82) is 0 Å². The number of aliphatic hydroxyl groups excluding tert-OH is 2. The lowest BCUT2D eigenvalue weighted by Crippen LogP contribution is -2.33. The third-order valence-corrected chi connectivity index (χ3v) is 5.25. The summed E-state index contributed by atoms with van der Waals surface area (Å²) in [5, 5.41) is 31.3. The molecule has 0 bridgehead atoms. The molecule has 4 heterocycles. The molecule has 0 amide bonds. The van der Waals surface area contributed by atoms with E-state index in [2.05, 4.69) is 24.8 Å². The van der Waals surface area contributed by atoms with Gasteiger partial charge in [0.1, 0.15) is 36.2 Å². The number of aliphatic carboxylic acids is 1. The maximum atomic E-state index is 10.7. The first kappa shape index (κ1) is 23.4. The number of carbonyl (C=O) groups is 1. The number of nitrogens with one attached hydrogen (secondary N) is 1. The third kappa shape index (κ3) is 5.53. The summed E-state index contributed by atoms with van der Waals surface area (Å²) in [5.41, 5.74) is 6.25. The van der Waals surface area contributed by atoms with Gasteiger partial charge in [-0.2, -0.15) is 0 Å². The van der Waals surface area contributed by atoms with Crippen LogP contribution in [0.4, 0.5) is 5.82 Å². The summed E-state index contributed by atoms with van der Waals surface area (Å²) in [6.07, 6.45) is -0.706. The van der Waals surface area contributed by atoms with E-state index in [-0.39, 0.29) is 17.5 Å². The summed E-state index contributed by atoms with van der Waals surface area (Å²) >= 11 is 0. The summed E-state index contributed by atoms with van der Waals surface area (Å²) in [7, 11) is -4.72. The molecule has 2 aromatic rings. The Labute approximate surface area is 175 Å². The number of ether oxygens (including phenoxy) is 1. The van der Waals surface area contributed by atoms with Crippen LogP contribution in [0.3, 0.4) is 0 Å². The Balaban J connectivity index is 0.000000287. The van der Waals surface area contributed by atoms with Crippen molar-refractivity contribution in [2.75, 3.05) is 18.9 Å². The van der Waals surface area contributed by atoms with Gasteiger partial charge in [0, 0.05) is 0 Å². The van der Waals surface area contributed by atoms with Gasteiger partial charge in [0.2, 0.25) is 0 Å². The van der Waals surface area contributed by atoms with Gasteiger partial charge in [-0.1, -0.05) is 0 Å². The zero-order valence-corrected chi connectivity index (χ0v) is 16.9. The standard InChI is InChI=1S/C10H14N5O7P.C5H9NO2/c11-8-5-9(13-2-12-8)15(3-14-5)10-7(17)6(16)4(22-10)1-21-23(18,19)20;7-5(8)4-2-1-3-6-4/h2-4,6-7,10,16-17H,1H2,(H2,11,12,13)(H2,18,19,20);4,6H,1-3H2,(H,7,8)/t4-,6-,7-,10-;/m1./s1. The minimum Gasteiger partial charge on any atom is -0.480 e. The highest BCUT2D eigenvalue weighted by atomic mass is 31.2. The Hall–Kier alpha value is -2.23. The quantitative estimate of drug-likeness (QED) is 0.237. The van der Waals surface area contributed by atoms with Gasteiger partial charge < -0.3 is 40.9 Å². The number of carboxylic acid groups (broad SMARTS) is 1. The van der Waals surface area contributed by atoms with Crippen LogP contribution in [-0.2, 0) is 18.6 Å². The molecule has 15 nitrogen and oxygen atoms in total. The minimum atomic E-state index is -4.72. The molecule has 31 heavy (non-hydrogen) atoms. The van der Waals surface area contributed by atoms with Crippen molar-refractivity contribution in [3.05, 3.63) is 12.7 Å². The minimum absolute atomic E-state index is 0.142. The van der Waals surface area contributed by atoms with Crippen LogP contribution in [0.15, 0.2) is 12.7 Å². The molecular formula is C15H23N6O9P. The van der Waals surface area contributed by atoms with E-state index in [1.807, 2.05) is 0 Å². The van der Waals surface area contributed by atoms with Crippen molar-refractivity contribution >= 4 is 30.8 Å². The maximum absolute atomic E-state index is 10.7. The third-order valence-electron chi connectivity index (χ3n) is 4.76. The molecule has 172 valence electrons. The van der Waals surface area contributed by atoms with Gasteiger partial charge in [0.05, 0.1) is 12.9 Å². The molecule has 0 aromatic carbocycles. The van der Waals surface area contributed by atoms with Gasteiger partial charge in [0.25, 0.3) is 0 Å². The Morgan fingerprint density at radius 1 is 1.32 bits per heavy atom. The fourth-order valence-electron chi connectivity index (χ4n) is 3.22. The Kier molecular flexibility index (Phi) is 7.18. The van der Waals surface area contributed by atoms with Crippen LogP contribution in [0.2, 0.25) is 0 Å². The average molecular weight is 462 g/mol. The maximum Gasteiger partial charge on any atom is 0.469 e. The predicted molar refractivity (Wildman–Crippen MR) is 102 cm³/mol. The summed E-state index contributed by atoms with van der Waals surface area (Å²) in [6.45, 7) is 0.264. The zero-order chi connectivity index (χ0) is 22.8. The summed E-state index contributed by atoms with van der Waals surface area (Å²) in [4.78, 5) is 39.3. The van der Waals surface area contributed by atoms with Crippen LogP contribution in [-0.4, -0.2) is 88.1 Å². The average Bonchev–Trinajstić information content (AvgIpc) is 3.42. The van der Waals surface area contributed by atoms with Crippen LogP contribution in [0.1, 0.15) is 19.1 Å². The van der Waals surface area contributed by atoms with Crippen molar-refractivity contribution in [2.45, 2.75) is 43.4 Å². The number of aliphatic hydroxyl groups is 2. The number of nitrogens with zero attached hydrogens (tertiary/aromatic N) is 4. The fourth-order valence-corrected chi connectivity index (χ4v) is 3.56. The number of imidazole rings is 1. The van der Waals surface area contributed by atoms with Crippen LogP contribution >= 0.6 is 7.82 Å². The number of phosphoric acid groups is 1. The van der Waals surface area contributed by atoms with Gasteiger partial charge in [-0.3, -0.25) is 13.9 Å². The number of phosphoric ester groups is 1. The largest absolute Gasteiger partial charge is 0.480 e. The van der Waals surface area contributed by atoms with E-state index in [1.54, 1.807) is 0 Å². The van der Waals surface area contributed by atoms with Crippen LogP contribution in [0.25, 0.3) is 11.2 Å². The summed E-state index contributed by atoms with van der Waals surface area (Å²) in [6, 6.07) is -0.269. The van der Waals surface area contributed by atoms with Gasteiger partial charge in [-0.25, -0.2) is 19.5 Å². The smallest absolute Gasteiger partial charge is 0.469 e. The van der Waals surface area contributed by atoms with E-state index < -0.39 is 44.9 Å². The molecule has 4 rings (SSSR count). The molecular weight excluding hydrogens is 439 g/mol.